The molecule has 1 atom stereocenters. The molecule has 0 fully saturated rings. The Morgan fingerprint density at radius 2 is 1.77 bits per heavy atom. The van der Waals surface area contributed by atoms with Crippen LogP contribution in [-0.2, 0) is 19.5 Å². The van der Waals surface area contributed by atoms with Crippen LogP contribution in [0, 0.1) is 0 Å². The molecule has 1 aliphatic rings. The number of rotatable bonds is 4. The molecule has 0 amide bonds. The zero-order valence-electron chi connectivity index (χ0n) is 15.2. The Labute approximate surface area is 161 Å². The standard InChI is InChI=1S/C23H25ClN2/c1-2-18-10-12-19(13-11-18)23-22-9-5-14-25(22)15-6-16-26(23)17-20-7-3-4-8-21(20)24/h3-5,7-14,23H,2,6,15-17H2,1H3/t23-/m0/s1. The summed E-state index contributed by atoms with van der Waals surface area (Å²) in [5.74, 6) is 0. The number of fused-ring (bicyclic) bond motifs is 1. The Balaban J connectivity index is 1.74. The fourth-order valence-electron chi connectivity index (χ4n) is 3.97. The van der Waals surface area contributed by atoms with E-state index in [2.05, 4.69) is 71.1 Å². The summed E-state index contributed by atoms with van der Waals surface area (Å²) in [6, 6.07) is 22.0. The molecule has 26 heavy (non-hydrogen) atoms. The van der Waals surface area contributed by atoms with Crippen LogP contribution in [0.2, 0.25) is 5.02 Å². The molecule has 0 N–H and O–H groups in total. The lowest BCUT2D eigenvalue weighted by Gasteiger charge is -2.31. The van der Waals surface area contributed by atoms with Crippen molar-refractivity contribution >= 4 is 11.6 Å². The molecule has 3 heteroatoms. The lowest BCUT2D eigenvalue weighted by molar-refractivity contribution is 0.220. The summed E-state index contributed by atoms with van der Waals surface area (Å²) in [5, 5.41) is 0.854. The molecule has 2 nitrogen and oxygen atoms in total. The third-order valence-corrected chi connectivity index (χ3v) is 5.76. The van der Waals surface area contributed by atoms with Gasteiger partial charge in [0.2, 0.25) is 0 Å². The minimum Gasteiger partial charge on any atom is -0.350 e. The number of hydrogen-bond acceptors (Lipinski definition) is 1. The molecule has 0 saturated heterocycles. The van der Waals surface area contributed by atoms with E-state index in [9.17, 15) is 0 Å². The Morgan fingerprint density at radius 3 is 2.54 bits per heavy atom. The van der Waals surface area contributed by atoms with Gasteiger partial charge in [-0.2, -0.15) is 0 Å². The fourth-order valence-corrected chi connectivity index (χ4v) is 4.17. The summed E-state index contributed by atoms with van der Waals surface area (Å²) in [6.45, 7) is 5.21. The number of hydrogen-bond donors (Lipinski definition) is 0. The topological polar surface area (TPSA) is 8.17 Å². The summed E-state index contributed by atoms with van der Waals surface area (Å²) in [6.07, 6.45) is 4.43. The first-order chi connectivity index (χ1) is 12.8. The van der Waals surface area contributed by atoms with Gasteiger partial charge in [-0.1, -0.05) is 61.0 Å². The summed E-state index contributed by atoms with van der Waals surface area (Å²) in [7, 11) is 0. The predicted octanol–water partition coefficient (Wildman–Crippen LogP) is 5.70. The Bertz CT molecular complexity index is 866. The molecule has 0 saturated carbocycles. The molecule has 0 spiro atoms. The maximum atomic E-state index is 6.46. The minimum absolute atomic E-state index is 0.259. The molecule has 0 bridgehead atoms. The largest absolute Gasteiger partial charge is 0.350 e. The Morgan fingerprint density at radius 1 is 0.962 bits per heavy atom. The number of halogens is 1. The van der Waals surface area contributed by atoms with Crippen molar-refractivity contribution in [2.45, 2.75) is 38.9 Å². The monoisotopic (exact) mass is 364 g/mol. The molecular formula is C23H25ClN2. The zero-order valence-corrected chi connectivity index (χ0v) is 16.0. The summed E-state index contributed by atoms with van der Waals surface area (Å²) in [5.41, 5.74) is 5.31. The summed E-state index contributed by atoms with van der Waals surface area (Å²) < 4.78 is 2.41. The van der Waals surface area contributed by atoms with Crippen LogP contribution >= 0.6 is 11.6 Å². The van der Waals surface area contributed by atoms with E-state index in [0.717, 1.165) is 37.5 Å². The van der Waals surface area contributed by atoms with Gasteiger partial charge in [0.15, 0.2) is 0 Å². The lowest BCUT2D eigenvalue weighted by Crippen LogP contribution is -2.29. The number of aromatic nitrogens is 1. The maximum absolute atomic E-state index is 6.46. The molecule has 0 unspecified atom stereocenters. The normalized spacial score (nSPS) is 17.7. The van der Waals surface area contributed by atoms with Crippen LogP contribution in [0.1, 0.15) is 41.8 Å². The van der Waals surface area contributed by atoms with Crippen molar-refractivity contribution in [3.63, 3.8) is 0 Å². The van der Waals surface area contributed by atoms with Crippen molar-refractivity contribution in [1.29, 1.82) is 0 Å². The molecule has 0 radical (unpaired) electrons. The van der Waals surface area contributed by atoms with Crippen LogP contribution in [0.25, 0.3) is 0 Å². The van der Waals surface area contributed by atoms with E-state index in [1.807, 2.05) is 12.1 Å². The van der Waals surface area contributed by atoms with Crippen LogP contribution in [0.15, 0.2) is 66.9 Å². The summed E-state index contributed by atoms with van der Waals surface area (Å²) >= 11 is 6.46. The van der Waals surface area contributed by atoms with Crippen molar-refractivity contribution in [1.82, 2.24) is 9.47 Å². The molecule has 4 rings (SSSR count). The van der Waals surface area contributed by atoms with Crippen molar-refractivity contribution in [3.8, 4) is 0 Å². The maximum Gasteiger partial charge on any atom is 0.0759 e. The van der Waals surface area contributed by atoms with Crippen LogP contribution in [0.5, 0.6) is 0 Å². The third-order valence-electron chi connectivity index (χ3n) is 5.39. The van der Waals surface area contributed by atoms with Gasteiger partial charge in [-0.05, 0) is 47.7 Å². The van der Waals surface area contributed by atoms with Crippen LogP contribution in [0.4, 0.5) is 0 Å². The fraction of sp³-hybridized carbons (Fsp3) is 0.304. The number of aryl methyl sites for hydroxylation is 2. The molecular weight excluding hydrogens is 340 g/mol. The molecule has 2 aromatic carbocycles. The van der Waals surface area contributed by atoms with E-state index in [1.165, 1.54) is 22.4 Å². The second-order valence-electron chi connectivity index (χ2n) is 7.04. The van der Waals surface area contributed by atoms with Crippen LogP contribution < -0.4 is 0 Å². The minimum atomic E-state index is 0.259. The van der Waals surface area contributed by atoms with Crippen molar-refractivity contribution in [2.75, 3.05) is 6.54 Å². The van der Waals surface area contributed by atoms with Gasteiger partial charge in [0.1, 0.15) is 0 Å². The highest BCUT2D eigenvalue weighted by Crippen LogP contribution is 2.34. The van der Waals surface area contributed by atoms with Gasteiger partial charge in [-0.3, -0.25) is 4.90 Å². The second kappa shape index (κ2) is 7.69. The van der Waals surface area contributed by atoms with E-state index in [4.69, 9.17) is 11.6 Å². The van der Waals surface area contributed by atoms with Gasteiger partial charge in [0, 0.05) is 36.5 Å². The van der Waals surface area contributed by atoms with E-state index >= 15 is 0 Å². The first-order valence-corrected chi connectivity index (χ1v) is 9.85. The third kappa shape index (κ3) is 3.44. The highest BCUT2D eigenvalue weighted by atomic mass is 35.5. The van der Waals surface area contributed by atoms with E-state index < -0.39 is 0 Å². The molecule has 1 aromatic heterocycles. The van der Waals surface area contributed by atoms with Gasteiger partial charge < -0.3 is 4.57 Å². The van der Waals surface area contributed by atoms with Crippen LogP contribution in [-0.4, -0.2) is 16.0 Å². The first kappa shape index (κ1) is 17.4. The Hall–Kier alpha value is -2.03. The predicted molar refractivity (Wildman–Crippen MR) is 109 cm³/mol. The highest BCUT2D eigenvalue weighted by molar-refractivity contribution is 6.31. The zero-order chi connectivity index (χ0) is 17.9. The SMILES string of the molecule is CCc1ccc([C@H]2c3cccn3CCCN2Cc2ccccc2Cl)cc1. The Kier molecular flexibility index (Phi) is 5.14. The lowest BCUT2D eigenvalue weighted by atomic mass is 9.99. The molecule has 134 valence electrons. The first-order valence-electron chi connectivity index (χ1n) is 9.47. The molecule has 3 aromatic rings. The quantitative estimate of drug-likeness (QED) is 0.576. The van der Waals surface area contributed by atoms with Crippen molar-refractivity contribution in [2.24, 2.45) is 0 Å². The van der Waals surface area contributed by atoms with Gasteiger partial charge in [-0.15, -0.1) is 0 Å². The average molecular weight is 365 g/mol. The van der Waals surface area contributed by atoms with Crippen molar-refractivity contribution < 1.29 is 0 Å². The van der Waals surface area contributed by atoms with E-state index in [0.29, 0.717) is 0 Å². The van der Waals surface area contributed by atoms with Gasteiger partial charge in [0.25, 0.3) is 0 Å². The van der Waals surface area contributed by atoms with Crippen molar-refractivity contribution in [3.05, 3.63) is 94.3 Å². The number of benzene rings is 2. The molecule has 2 heterocycles. The highest BCUT2D eigenvalue weighted by Gasteiger charge is 2.27. The van der Waals surface area contributed by atoms with Crippen LogP contribution in [0.3, 0.4) is 0 Å². The summed E-state index contributed by atoms with van der Waals surface area (Å²) in [4.78, 5) is 2.57. The van der Waals surface area contributed by atoms with E-state index in [1.54, 1.807) is 0 Å². The average Bonchev–Trinajstić information content (AvgIpc) is 3.05. The second-order valence-corrected chi connectivity index (χ2v) is 7.45. The van der Waals surface area contributed by atoms with Gasteiger partial charge >= 0.3 is 0 Å². The van der Waals surface area contributed by atoms with E-state index in [-0.39, 0.29) is 6.04 Å². The molecule has 1 aliphatic heterocycles. The molecule has 0 aliphatic carbocycles. The van der Waals surface area contributed by atoms with Gasteiger partial charge in [-0.25, -0.2) is 0 Å². The smallest absolute Gasteiger partial charge is 0.0759 e. The van der Waals surface area contributed by atoms with Gasteiger partial charge in [0.05, 0.1) is 6.04 Å². The number of nitrogens with zero attached hydrogens (tertiary/aromatic N) is 2.